The number of nitrogens with one attached hydrogen (secondary N) is 2. The minimum absolute atomic E-state index is 0.0781. The molecule has 1 fully saturated rings. The summed E-state index contributed by atoms with van der Waals surface area (Å²) in [4.78, 5) is 12.5. The molecule has 1 amide bonds. The highest BCUT2D eigenvalue weighted by Crippen LogP contribution is 2.21. The maximum atomic E-state index is 12.5. The lowest BCUT2D eigenvalue weighted by atomic mass is 9.89. The van der Waals surface area contributed by atoms with Crippen molar-refractivity contribution in [2.45, 2.75) is 51.1 Å². The van der Waals surface area contributed by atoms with Crippen LogP contribution in [-0.2, 0) is 11.2 Å². The third-order valence-electron chi connectivity index (χ3n) is 4.22. The molecular weight excluding hydrogens is 264 g/mol. The largest absolute Gasteiger partial charge is 0.496 e. The summed E-state index contributed by atoms with van der Waals surface area (Å²) in [7, 11) is 1.68. The summed E-state index contributed by atoms with van der Waals surface area (Å²) in [6.45, 7) is 4.96. The van der Waals surface area contributed by atoms with Gasteiger partial charge in [-0.3, -0.25) is 4.79 Å². The Hall–Kier alpha value is -1.55. The van der Waals surface area contributed by atoms with Gasteiger partial charge in [-0.2, -0.15) is 0 Å². The van der Waals surface area contributed by atoms with Crippen LogP contribution < -0.4 is 15.4 Å². The predicted molar refractivity (Wildman–Crippen MR) is 84.6 cm³/mol. The average molecular weight is 290 g/mol. The second-order valence-corrected chi connectivity index (χ2v) is 6.11. The van der Waals surface area contributed by atoms with E-state index in [1.165, 1.54) is 0 Å². The van der Waals surface area contributed by atoms with Gasteiger partial charge in [-0.1, -0.05) is 18.2 Å². The normalized spacial score (nSPS) is 23.4. The molecule has 0 saturated carbocycles. The lowest BCUT2D eigenvalue weighted by Gasteiger charge is -2.34. The highest BCUT2D eigenvalue weighted by atomic mass is 16.5. The molecule has 1 aromatic carbocycles. The zero-order valence-corrected chi connectivity index (χ0v) is 13.2. The first-order chi connectivity index (χ1) is 10.0. The molecule has 4 nitrogen and oxygen atoms in total. The van der Waals surface area contributed by atoms with E-state index in [4.69, 9.17) is 4.74 Å². The van der Waals surface area contributed by atoms with Crippen LogP contribution in [0.1, 0.15) is 38.7 Å². The van der Waals surface area contributed by atoms with Crippen molar-refractivity contribution in [3.8, 4) is 5.75 Å². The summed E-state index contributed by atoms with van der Waals surface area (Å²) in [5.74, 6) is 0.977. The van der Waals surface area contributed by atoms with Crippen molar-refractivity contribution < 1.29 is 9.53 Å². The molecule has 0 aromatic heterocycles. The number of carbonyl (C=O) groups is 1. The van der Waals surface area contributed by atoms with Crippen LogP contribution in [0.25, 0.3) is 0 Å². The van der Waals surface area contributed by atoms with Crippen molar-refractivity contribution in [3.05, 3.63) is 29.8 Å². The quantitative estimate of drug-likeness (QED) is 0.874. The van der Waals surface area contributed by atoms with Gasteiger partial charge in [-0.25, -0.2) is 0 Å². The number of hydrogen-bond donors (Lipinski definition) is 2. The molecule has 0 bridgehead atoms. The first-order valence-electron chi connectivity index (χ1n) is 7.73. The van der Waals surface area contributed by atoms with Gasteiger partial charge in [-0.05, 0) is 57.7 Å². The van der Waals surface area contributed by atoms with Gasteiger partial charge in [0.15, 0.2) is 0 Å². The summed E-state index contributed by atoms with van der Waals surface area (Å²) in [6, 6.07) is 8.03. The molecule has 2 atom stereocenters. The molecule has 1 aliphatic heterocycles. The van der Waals surface area contributed by atoms with Gasteiger partial charge < -0.3 is 15.4 Å². The van der Waals surface area contributed by atoms with Crippen molar-refractivity contribution in [3.63, 3.8) is 0 Å². The monoisotopic (exact) mass is 290 g/mol. The van der Waals surface area contributed by atoms with Crippen molar-refractivity contribution in [2.75, 3.05) is 13.7 Å². The van der Waals surface area contributed by atoms with Crippen LogP contribution in [-0.4, -0.2) is 31.1 Å². The lowest BCUT2D eigenvalue weighted by molar-refractivity contribution is -0.128. The van der Waals surface area contributed by atoms with Crippen LogP contribution in [0.2, 0.25) is 0 Å². The van der Waals surface area contributed by atoms with Gasteiger partial charge in [0.05, 0.1) is 12.6 Å². The van der Waals surface area contributed by atoms with Crippen LogP contribution in [0.4, 0.5) is 0 Å². The van der Waals surface area contributed by atoms with Gasteiger partial charge in [-0.15, -0.1) is 0 Å². The maximum absolute atomic E-state index is 12.5. The fraction of sp³-hybridized carbons (Fsp3) is 0.588. The standard InChI is InChI=1S/C17H26N2O2/c1-13(12-14-8-4-5-9-15(14)21-3)19-16(20)17(2)10-6-7-11-18-17/h4-5,8-9,13,18H,6-7,10-12H2,1-3H3,(H,19,20). The molecule has 21 heavy (non-hydrogen) atoms. The number of methoxy groups -OCH3 is 1. The summed E-state index contributed by atoms with van der Waals surface area (Å²) < 4.78 is 5.36. The Morgan fingerprint density at radius 3 is 2.86 bits per heavy atom. The molecule has 116 valence electrons. The Balaban J connectivity index is 1.95. The van der Waals surface area contributed by atoms with Crippen molar-refractivity contribution in [2.24, 2.45) is 0 Å². The van der Waals surface area contributed by atoms with Crippen molar-refractivity contribution in [1.82, 2.24) is 10.6 Å². The second kappa shape index (κ2) is 6.94. The zero-order valence-electron chi connectivity index (χ0n) is 13.2. The molecule has 2 rings (SSSR count). The summed E-state index contributed by atoms with van der Waals surface area (Å²) in [5, 5.41) is 6.48. The van der Waals surface area contributed by atoms with E-state index in [1.807, 2.05) is 38.1 Å². The van der Waals surface area contributed by atoms with E-state index >= 15 is 0 Å². The summed E-state index contributed by atoms with van der Waals surface area (Å²) in [5.41, 5.74) is 0.697. The van der Waals surface area contributed by atoms with Gasteiger partial charge in [0, 0.05) is 6.04 Å². The molecular formula is C17H26N2O2. The third-order valence-corrected chi connectivity index (χ3v) is 4.22. The van der Waals surface area contributed by atoms with Gasteiger partial charge >= 0.3 is 0 Å². The Morgan fingerprint density at radius 1 is 1.43 bits per heavy atom. The first-order valence-corrected chi connectivity index (χ1v) is 7.73. The molecule has 1 aromatic rings. The number of ether oxygens (including phenoxy) is 1. The molecule has 1 heterocycles. The van der Waals surface area contributed by atoms with Crippen LogP contribution in [0.3, 0.4) is 0 Å². The highest BCUT2D eigenvalue weighted by Gasteiger charge is 2.34. The number of rotatable bonds is 5. The van der Waals surface area contributed by atoms with E-state index < -0.39 is 5.54 Å². The smallest absolute Gasteiger partial charge is 0.240 e. The molecule has 2 unspecified atom stereocenters. The molecule has 0 aliphatic carbocycles. The van der Waals surface area contributed by atoms with E-state index in [1.54, 1.807) is 7.11 Å². The van der Waals surface area contributed by atoms with E-state index in [0.29, 0.717) is 0 Å². The average Bonchev–Trinajstić information content (AvgIpc) is 2.48. The lowest BCUT2D eigenvalue weighted by Crippen LogP contribution is -2.58. The summed E-state index contributed by atoms with van der Waals surface area (Å²) >= 11 is 0. The van der Waals surface area contributed by atoms with E-state index in [-0.39, 0.29) is 11.9 Å². The molecule has 2 N–H and O–H groups in total. The topological polar surface area (TPSA) is 50.4 Å². The number of amides is 1. The number of carbonyl (C=O) groups excluding carboxylic acids is 1. The summed E-state index contributed by atoms with van der Waals surface area (Å²) in [6.07, 6.45) is 3.93. The second-order valence-electron chi connectivity index (χ2n) is 6.11. The molecule has 4 heteroatoms. The Morgan fingerprint density at radius 2 is 2.19 bits per heavy atom. The van der Waals surface area contributed by atoms with Gasteiger partial charge in [0.1, 0.15) is 5.75 Å². The van der Waals surface area contributed by atoms with Crippen LogP contribution in [0.5, 0.6) is 5.75 Å². The van der Waals surface area contributed by atoms with E-state index in [2.05, 4.69) is 10.6 Å². The number of benzene rings is 1. The van der Waals surface area contributed by atoms with Crippen LogP contribution in [0, 0.1) is 0 Å². The molecule has 1 aliphatic rings. The zero-order chi connectivity index (χ0) is 15.3. The predicted octanol–water partition coefficient (Wildman–Crippen LogP) is 2.27. The van der Waals surface area contributed by atoms with Gasteiger partial charge in [0.25, 0.3) is 0 Å². The van der Waals surface area contributed by atoms with Crippen molar-refractivity contribution in [1.29, 1.82) is 0 Å². The number of para-hydroxylation sites is 1. The van der Waals surface area contributed by atoms with Crippen molar-refractivity contribution >= 4 is 5.91 Å². The molecule has 1 saturated heterocycles. The highest BCUT2D eigenvalue weighted by molar-refractivity contribution is 5.86. The Bertz CT molecular complexity index is 481. The number of piperidine rings is 1. The fourth-order valence-corrected chi connectivity index (χ4v) is 2.89. The minimum atomic E-state index is -0.423. The van der Waals surface area contributed by atoms with Crippen LogP contribution in [0.15, 0.2) is 24.3 Å². The fourth-order valence-electron chi connectivity index (χ4n) is 2.89. The van der Waals surface area contributed by atoms with E-state index in [9.17, 15) is 4.79 Å². The maximum Gasteiger partial charge on any atom is 0.240 e. The van der Waals surface area contributed by atoms with Gasteiger partial charge in [0.2, 0.25) is 5.91 Å². The molecule has 0 spiro atoms. The third kappa shape index (κ3) is 3.97. The first kappa shape index (κ1) is 15.8. The molecule has 0 radical (unpaired) electrons. The number of hydrogen-bond acceptors (Lipinski definition) is 3. The minimum Gasteiger partial charge on any atom is -0.496 e. The van der Waals surface area contributed by atoms with E-state index in [0.717, 1.165) is 43.5 Å². The SMILES string of the molecule is COc1ccccc1CC(C)NC(=O)C1(C)CCCCN1. The Kier molecular flexibility index (Phi) is 5.23. The van der Waals surface area contributed by atoms with Crippen LogP contribution >= 0.6 is 0 Å². The Labute approximate surface area is 127 Å².